The highest BCUT2D eigenvalue weighted by molar-refractivity contribution is 7.99. The molecule has 1 aliphatic rings. The average molecular weight is 289 g/mol. The van der Waals surface area contributed by atoms with Crippen molar-refractivity contribution in [3.8, 4) is 0 Å². The molecular formula is C16H23N3S. The van der Waals surface area contributed by atoms with Crippen LogP contribution in [0.1, 0.15) is 25.1 Å². The van der Waals surface area contributed by atoms with E-state index >= 15 is 0 Å². The Labute approximate surface area is 124 Å². The van der Waals surface area contributed by atoms with Gasteiger partial charge in [-0.15, -0.1) is 0 Å². The van der Waals surface area contributed by atoms with Gasteiger partial charge in [-0.05, 0) is 48.8 Å². The molecule has 4 heteroatoms. The van der Waals surface area contributed by atoms with Gasteiger partial charge in [0.2, 0.25) is 0 Å². The standard InChI is InChI=1S/C16H23N3S/c1-19-15-5-3-2-4-14(15)18-16(19)11-13(17)10-12-6-8-20-9-7-12/h2-5,12-13H,6-11,17H2,1H3. The number of imidazole rings is 1. The molecular weight excluding hydrogens is 266 g/mol. The maximum Gasteiger partial charge on any atom is 0.111 e. The normalized spacial score (nSPS) is 18.5. The molecule has 1 aliphatic heterocycles. The topological polar surface area (TPSA) is 43.8 Å². The van der Waals surface area contributed by atoms with Gasteiger partial charge in [-0.1, -0.05) is 12.1 Å². The van der Waals surface area contributed by atoms with Crippen LogP contribution in [-0.2, 0) is 13.5 Å². The van der Waals surface area contributed by atoms with E-state index in [1.54, 1.807) is 0 Å². The highest BCUT2D eigenvalue weighted by Crippen LogP contribution is 2.26. The van der Waals surface area contributed by atoms with E-state index in [0.29, 0.717) is 0 Å². The van der Waals surface area contributed by atoms with E-state index < -0.39 is 0 Å². The van der Waals surface area contributed by atoms with Crippen molar-refractivity contribution in [3.63, 3.8) is 0 Å². The zero-order valence-electron chi connectivity index (χ0n) is 12.1. The fourth-order valence-electron chi connectivity index (χ4n) is 3.11. The third-order valence-corrected chi connectivity index (χ3v) is 5.35. The number of aryl methyl sites for hydroxylation is 1. The van der Waals surface area contributed by atoms with E-state index in [-0.39, 0.29) is 6.04 Å². The predicted octanol–water partition coefficient (Wildman–Crippen LogP) is 2.98. The lowest BCUT2D eigenvalue weighted by atomic mass is 9.93. The molecule has 0 radical (unpaired) electrons. The first-order valence-corrected chi connectivity index (χ1v) is 8.63. The van der Waals surface area contributed by atoms with Gasteiger partial charge in [-0.3, -0.25) is 0 Å². The third kappa shape index (κ3) is 3.01. The highest BCUT2D eigenvalue weighted by Gasteiger charge is 2.18. The monoisotopic (exact) mass is 289 g/mol. The number of hydrogen-bond acceptors (Lipinski definition) is 3. The van der Waals surface area contributed by atoms with E-state index in [1.807, 2.05) is 6.07 Å². The van der Waals surface area contributed by atoms with E-state index in [0.717, 1.165) is 30.1 Å². The Bertz CT molecular complexity index is 572. The Hall–Kier alpha value is -1.00. The molecule has 0 saturated carbocycles. The summed E-state index contributed by atoms with van der Waals surface area (Å²) in [4.78, 5) is 4.72. The first-order valence-electron chi connectivity index (χ1n) is 7.47. The molecule has 2 aromatic rings. The van der Waals surface area contributed by atoms with Gasteiger partial charge in [-0.2, -0.15) is 11.8 Å². The van der Waals surface area contributed by atoms with Crippen LogP contribution in [0.25, 0.3) is 11.0 Å². The number of benzene rings is 1. The number of rotatable bonds is 4. The van der Waals surface area contributed by atoms with Crippen molar-refractivity contribution in [2.45, 2.75) is 31.7 Å². The highest BCUT2D eigenvalue weighted by atomic mass is 32.2. The summed E-state index contributed by atoms with van der Waals surface area (Å²) in [5.74, 6) is 4.55. The number of thioether (sulfide) groups is 1. The smallest absolute Gasteiger partial charge is 0.111 e. The molecule has 108 valence electrons. The molecule has 0 amide bonds. The zero-order chi connectivity index (χ0) is 13.9. The van der Waals surface area contributed by atoms with Crippen molar-refractivity contribution < 1.29 is 0 Å². The van der Waals surface area contributed by atoms with Crippen LogP contribution in [0, 0.1) is 5.92 Å². The summed E-state index contributed by atoms with van der Waals surface area (Å²) >= 11 is 2.08. The minimum Gasteiger partial charge on any atom is -0.331 e. The number of para-hydroxylation sites is 2. The molecule has 0 spiro atoms. The molecule has 1 aromatic carbocycles. The van der Waals surface area contributed by atoms with Crippen LogP contribution in [-0.4, -0.2) is 27.1 Å². The van der Waals surface area contributed by atoms with Crippen molar-refractivity contribution in [1.29, 1.82) is 0 Å². The summed E-state index contributed by atoms with van der Waals surface area (Å²) < 4.78 is 2.19. The van der Waals surface area contributed by atoms with Crippen LogP contribution in [0.15, 0.2) is 24.3 Å². The van der Waals surface area contributed by atoms with Gasteiger partial charge in [0.25, 0.3) is 0 Å². The maximum absolute atomic E-state index is 6.37. The predicted molar refractivity (Wildman–Crippen MR) is 87.1 cm³/mol. The van der Waals surface area contributed by atoms with Crippen LogP contribution >= 0.6 is 11.8 Å². The first-order chi connectivity index (χ1) is 9.74. The minimum atomic E-state index is 0.235. The molecule has 1 saturated heterocycles. The summed E-state index contributed by atoms with van der Waals surface area (Å²) in [6, 6.07) is 8.53. The van der Waals surface area contributed by atoms with Gasteiger partial charge in [-0.25, -0.2) is 4.98 Å². The number of nitrogens with zero attached hydrogens (tertiary/aromatic N) is 2. The number of nitrogens with two attached hydrogens (primary N) is 1. The van der Waals surface area contributed by atoms with E-state index in [2.05, 4.69) is 41.6 Å². The van der Waals surface area contributed by atoms with E-state index in [4.69, 9.17) is 10.7 Å². The Morgan fingerprint density at radius 1 is 1.35 bits per heavy atom. The molecule has 1 unspecified atom stereocenters. The largest absolute Gasteiger partial charge is 0.331 e. The minimum absolute atomic E-state index is 0.235. The molecule has 1 aromatic heterocycles. The summed E-state index contributed by atoms with van der Waals surface area (Å²) in [5, 5.41) is 0. The molecule has 2 N–H and O–H groups in total. The molecule has 0 bridgehead atoms. The molecule has 1 atom stereocenters. The van der Waals surface area contributed by atoms with E-state index in [9.17, 15) is 0 Å². The second-order valence-electron chi connectivity index (χ2n) is 5.83. The Kier molecular flexibility index (Phi) is 4.32. The molecule has 2 heterocycles. The molecule has 20 heavy (non-hydrogen) atoms. The average Bonchev–Trinajstić information content (AvgIpc) is 2.77. The second kappa shape index (κ2) is 6.19. The third-order valence-electron chi connectivity index (χ3n) is 4.30. The fourth-order valence-corrected chi connectivity index (χ4v) is 4.31. The van der Waals surface area contributed by atoms with Crippen LogP contribution in [0.4, 0.5) is 0 Å². The van der Waals surface area contributed by atoms with Crippen LogP contribution in [0.5, 0.6) is 0 Å². The summed E-state index contributed by atoms with van der Waals surface area (Å²) in [5.41, 5.74) is 8.64. The number of fused-ring (bicyclic) bond motifs is 1. The van der Waals surface area contributed by atoms with Gasteiger partial charge in [0.1, 0.15) is 5.82 Å². The molecule has 0 aliphatic carbocycles. The zero-order valence-corrected chi connectivity index (χ0v) is 12.9. The van der Waals surface area contributed by atoms with E-state index in [1.165, 1.54) is 29.9 Å². The van der Waals surface area contributed by atoms with Crippen LogP contribution < -0.4 is 5.73 Å². The van der Waals surface area contributed by atoms with Crippen molar-refractivity contribution >= 4 is 22.8 Å². The van der Waals surface area contributed by atoms with Gasteiger partial charge < -0.3 is 10.3 Å². The lowest BCUT2D eigenvalue weighted by Gasteiger charge is -2.24. The van der Waals surface area contributed by atoms with Gasteiger partial charge in [0.15, 0.2) is 0 Å². The number of hydrogen-bond donors (Lipinski definition) is 1. The Morgan fingerprint density at radius 2 is 2.10 bits per heavy atom. The molecule has 1 fully saturated rings. The fraction of sp³-hybridized carbons (Fsp3) is 0.562. The molecule has 3 nitrogen and oxygen atoms in total. The summed E-state index contributed by atoms with van der Waals surface area (Å²) in [7, 11) is 2.09. The van der Waals surface area contributed by atoms with Crippen molar-refractivity contribution in [1.82, 2.24) is 9.55 Å². The van der Waals surface area contributed by atoms with Crippen molar-refractivity contribution in [2.75, 3.05) is 11.5 Å². The second-order valence-corrected chi connectivity index (χ2v) is 7.06. The SMILES string of the molecule is Cn1c(CC(N)CC2CCSCC2)nc2ccccc21. The number of aromatic nitrogens is 2. The van der Waals surface area contributed by atoms with Gasteiger partial charge in [0, 0.05) is 19.5 Å². The van der Waals surface area contributed by atoms with Crippen molar-refractivity contribution in [2.24, 2.45) is 18.7 Å². The molecule has 3 rings (SSSR count). The lowest BCUT2D eigenvalue weighted by molar-refractivity contribution is 0.401. The van der Waals surface area contributed by atoms with Crippen LogP contribution in [0.3, 0.4) is 0 Å². The Balaban J connectivity index is 1.67. The van der Waals surface area contributed by atoms with Crippen molar-refractivity contribution in [3.05, 3.63) is 30.1 Å². The Morgan fingerprint density at radius 3 is 2.85 bits per heavy atom. The van der Waals surface area contributed by atoms with Crippen LogP contribution in [0.2, 0.25) is 0 Å². The summed E-state index contributed by atoms with van der Waals surface area (Å²) in [6.45, 7) is 0. The maximum atomic E-state index is 6.37. The quantitative estimate of drug-likeness (QED) is 0.941. The lowest BCUT2D eigenvalue weighted by Crippen LogP contribution is -2.28. The first kappa shape index (κ1) is 14.0. The summed E-state index contributed by atoms with van der Waals surface area (Å²) in [6.07, 6.45) is 4.69. The van der Waals surface area contributed by atoms with Gasteiger partial charge in [0.05, 0.1) is 11.0 Å². The van der Waals surface area contributed by atoms with Gasteiger partial charge >= 0.3 is 0 Å².